The molecule has 1 saturated heterocycles. The number of aryl methyl sites for hydroxylation is 1. The summed E-state index contributed by atoms with van der Waals surface area (Å²) < 4.78 is 19.4. The van der Waals surface area contributed by atoms with E-state index in [0.29, 0.717) is 30.3 Å². The molecule has 6 heteroatoms. The van der Waals surface area contributed by atoms with Crippen LogP contribution in [-0.2, 0) is 11.2 Å². The lowest BCUT2D eigenvalue weighted by atomic mass is 9.90. The lowest BCUT2D eigenvalue weighted by Gasteiger charge is -2.32. The zero-order chi connectivity index (χ0) is 23.8. The summed E-state index contributed by atoms with van der Waals surface area (Å²) in [5.74, 6) is -0.142. The van der Waals surface area contributed by atoms with Crippen molar-refractivity contribution in [1.29, 1.82) is 0 Å². The lowest BCUT2D eigenvalue weighted by molar-refractivity contribution is -0.118. The minimum Gasteiger partial charge on any atom is -0.483 e. The van der Waals surface area contributed by atoms with Crippen LogP contribution < -0.4 is 10.1 Å². The van der Waals surface area contributed by atoms with Crippen molar-refractivity contribution in [2.75, 3.05) is 25.0 Å². The first-order valence-electron chi connectivity index (χ1n) is 11.7. The van der Waals surface area contributed by atoms with Crippen molar-refractivity contribution in [2.24, 2.45) is 5.92 Å². The predicted molar refractivity (Wildman–Crippen MR) is 130 cm³/mol. The number of nitrogens with one attached hydrogen (secondary N) is 1. The van der Waals surface area contributed by atoms with Gasteiger partial charge in [0.25, 0.3) is 11.8 Å². The third-order valence-electron chi connectivity index (χ3n) is 6.21. The molecule has 1 aliphatic rings. The molecule has 1 aliphatic heterocycles. The number of anilines is 1. The summed E-state index contributed by atoms with van der Waals surface area (Å²) in [4.78, 5) is 27.3. The van der Waals surface area contributed by atoms with E-state index >= 15 is 0 Å². The number of halogens is 1. The van der Waals surface area contributed by atoms with Gasteiger partial charge in [0.2, 0.25) is 0 Å². The number of hydrogen-bond donors (Lipinski definition) is 1. The Kier molecular flexibility index (Phi) is 7.91. The number of likely N-dealkylation sites (tertiary alicyclic amines) is 1. The molecule has 176 valence electrons. The van der Waals surface area contributed by atoms with Gasteiger partial charge in [0, 0.05) is 13.1 Å². The van der Waals surface area contributed by atoms with Crippen LogP contribution in [0.15, 0.2) is 78.9 Å². The maximum absolute atomic E-state index is 13.7. The van der Waals surface area contributed by atoms with Crippen LogP contribution in [0.4, 0.5) is 10.1 Å². The van der Waals surface area contributed by atoms with E-state index in [1.165, 1.54) is 17.7 Å². The van der Waals surface area contributed by atoms with E-state index in [-0.39, 0.29) is 18.2 Å². The SMILES string of the molecule is O=C(COc1ccccc1C(=O)N1CCC(CCc2ccccc2)CC1)Nc1ccccc1F. The van der Waals surface area contributed by atoms with E-state index in [4.69, 9.17) is 4.74 Å². The molecule has 1 heterocycles. The second-order valence-corrected chi connectivity index (χ2v) is 8.57. The highest BCUT2D eigenvalue weighted by atomic mass is 19.1. The Balaban J connectivity index is 1.29. The van der Waals surface area contributed by atoms with Crippen molar-refractivity contribution in [2.45, 2.75) is 25.7 Å². The monoisotopic (exact) mass is 460 g/mol. The number of ether oxygens (including phenoxy) is 1. The van der Waals surface area contributed by atoms with Gasteiger partial charge in [-0.3, -0.25) is 9.59 Å². The Labute approximate surface area is 199 Å². The van der Waals surface area contributed by atoms with Crippen molar-refractivity contribution >= 4 is 17.5 Å². The molecule has 5 nitrogen and oxygen atoms in total. The van der Waals surface area contributed by atoms with Crippen LogP contribution >= 0.6 is 0 Å². The molecule has 3 aromatic carbocycles. The van der Waals surface area contributed by atoms with Crippen LogP contribution in [0.2, 0.25) is 0 Å². The highest BCUT2D eigenvalue weighted by Gasteiger charge is 2.25. The van der Waals surface area contributed by atoms with Gasteiger partial charge in [-0.05, 0) is 61.4 Å². The fraction of sp³-hybridized carbons (Fsp3) is 0.286. The lowest BCUT2D eigenvalue weighted by Crippen LogP contribution is -2.38. The maximum Gasteiger partial charge on any atom is 0.262 e. The van der Waals surface area contributed by atoms with Gasteiger partial charge in [-0.25, -0.2) is 4.39 Å². The number of benzene rings is 3. The third-order valence-corrected chi connectivity index (χ3v) is 6.21. The number of para-hydroxylation sites is 2. The van der Waals surface area contributed by atoms with Crippen molar-refractivity contribution in [3.05, 3.63) is 95.8 Å². The average Bonchev–Trinajstić information content (AvgIpc) is 2.88. The molecule has 0 aliphatic carbocycles. The summed E-state index contributed by atoms with van der Waals surface area (Å²) in [6, 6.07) is 23.4. The van der Waals surface area contributed by atoms with Crippen molar-refractivity contribution in [3.63, 3.8) is 0 Å². The standard InChI is InChI=1S/C28H29FN2O3/c29-24-11-5-6-12-25(24)30-27(32)20-34-26-13-7-4-10-23(26)28(33)31-18-16-22(17-19-31)15-14-21-8-2-1-3-9-21/h1-13,22H,14-20H2,(H,30,32). The minimum absolute atomic E-state index is 0.0911. The van der Waals surface area contributed by atoms with E-state index in [2.05, 4.69) is 29.6 Å². The smallest absolute Gasteiger partial charge is 0.262 e. The van der Waals surface area contributed by atoms with Gasteiger partial charge in [-0.15, -0.1) is 0 Å². The first-order chi connectivity index (χ1) is 16.6. The topological polar surface area (TPSA) is 58.6 Å². The Morgan fingerprint density at radius 3 is 2.35 bits per heavy atom. The fourth-order valence-corrected chi connectivity index (χ4v) is 4.27. The summed E-state index contributed by atoms with van der Waals surface area (Å²) in [5.41, 5.74) is 1.88. The van der Waals surface area contributed by atoms with Gasteiger partial charge in [-0.1, -0.05) is 54.6 Å². The zero-order valence-corrected chi connectivity index (χ0v) is 19.1. The maximum atomic E-state index is 13.7. The fourth-order valence-electron chi connectivity index (χ4n) is 4.27. The van der Waals surface area contributed by atoms with Crippen LogP contribution in [0.5, 0.6) is 5.75 Å². The first kappa shape index (κ1) is 23.5. The molecule has 1 fully saturated rings. The van der Waals surface area contributed by atoms with E-state index in [1.807, 2.05) is 11.0 Å². The van der Waals surface area contributed by atoms with E-state index in [1.54, 1.807) is 36.4 Å². The Bertz CT molecular complexity index is 1110. The normalized spacial score (nSPS) is 14.0. The molecule has 34 heavy (non-hydrogen) atoms. The Morgan fingerprint density at radius 1 is 0.912 bits per heavy atom. The molecule has 0 aromatic heterocycles. The van der Waals surface area contributed by atoms with Gasteiger partial charge >= 0.3 is 0 Å². The highest BCUT2D eigenvalue weighted by Crippen LogP contribution is 2.26. The minimum atomic E-state index is -0.515. The number of piperidine rings is 1. The molecule has 0 radical (unpaired) electrons. The predicted octanol–water partition coefficient (Wildman–Crippen LogP) is 5.33. The van der Waals surface area contributed by atoms with E-state index in [0.717, 1.165) is 25.7 Å². The first-order valence-corrected chi connectivity index (χ1v) is 11.7. The number of hydrogen-bond acceptors (Lipinski definition) is 3. The number of carbonyl (C=O) groups excluding carboxylic acids is 2. The number of carbonyl (C=O) groups is 2. The van der Waals surface area contributed by atoms with Gasteiger partial charge in [-0.2, -0.15) is 0 Å². The quantitative estimate of drug-likeness (QED) is 0.494. The van der Waals surface area contributed by atoms with E-state index < -0.39 is 11.7 Å². The van der Waals surface area contributed by atoms with Gasteiger partial charge in [0.1, 0.15) is 11.6 Å². The molecule has 0 atom stereocenters. The summed E-state index contributed by atoms with van der Waals surface area (Å²) in [6.45, 7) is 1.10. The van der Waals surface area contributed by atoms with Crippen LogP contribution in [0, 0.1) is 11.7 Å². The van der Waals surface area contributed by atoms with E-state index in [9.17, 15) is 14.0 Å². The summed E-state index contributed by atoms with van der Waals surface area (Å²) >= 11 is 0. The van der Waals surface area contributed by atoms with Crippen molar-refractivity contribution in [3.8, 4) is 5.75 Å². The number of rotatable bonds is 8. The molecule has 3 aromatic rings. The van der Waals surface area contributed by atoms with Crippen LogP contribution in [0.25, 0.3) is 0 Å². The van der Waals surface area contributed by atoms with Gasteiger partial charge < -0.3 is 15.0 Å². The van der Waals surface area contributed by atoms with Gasteiger partial charge in [0.15, 0.2) is 6.61 Å². The Hall–Kier alpha value is -3.67. The third kappa shape index (κ3) is 6.22. The Morgan fingerprint density at radius 2 is 1.59 bits per heavy atom. The van der Waals surface area contributed by atoms with Crippen molar-refractivity contribution in [1.82, 2.24) is 4.90 Å². The summed E-state index contributed by atoms with van der Waals surface area (Å²) in [6.07, 6.45) is 4.15. The molecule has 0 saturated carbocycles. The van der Waals surface area contributed by atoms with Gasteiger partial charge in [0.05, 0.1) is 11.3 Å². The van der Waals surface area contributed by atoms with Crippen LogP contribution in [0.1, 0.15) is 35.2 Å². The average molecular weight is 461 g/mol. The molecular weight excluding hydrogens is 431 g/mol. The molecular formula is C28H29FN2O3. The van der Waals surface area contributed by atoms with Crippen molar-refractivity contribution < 1.29 is 18.7 Å². The number of amides is 2. The molecule has 0 spiro atoms. The molecule has 0 bridgehead atoms. The highest BCUT2D eigenvalue weighted by molar-refractivity contribution is 5.97. The molecule has 2 amide bonds. The summed E-state index contributed by atoms with van der Waals surface area (Å²) in [5, 5.41) is 2.49. The van der Waals surface area contributed by atoms with Crippen LogP contribution in [0.3, 0.4) is 0 Å². The van der Waals surface area contributed by atoms with Crippen LogP contribution in [-0.4, -0.2) is 36.4 Å². The molecule has 4 rings (SSSR count). The number of nitrogens with zero attached hydrogens (tertiary/aromatic N) is 1. The zero-order valence-electron chi connectivity index (χ0n) is 19.1. The second kappa shape index (κ2) is 11.5. The summed E-state index contributed by atoms with van der Waals surface area (Å²) in [7, 11) is 0. The largest absolute Gasteiger partial charge is 0.483 e. The molecule has 1 N–H and O–H groups in total. The molecule has 0 unspecified atom stereocenters. The second-order valence-electron chi connectivity index (χ2n) is 8.57.